The number of amides is 3. The molecule has 1 unspecified atom stereocenters. The molecule has 27 heavy (non-hydrogen) atoms. The number of carbonyl (C=O) groups excluding carboxylic acids is 3. The molecule has 148 valence electrons. The van der Waals surface area contributed by atoms with E-state index in [0.29, 0.717) is 36.9 Å². The molecule has 8 heteroatoms. The van der Waals surface area contributed by atoms with Gasteiger partial charge in [-0.25, -0.2) is 0 Å². The Kier molecular flexibility index (Phi) is 7.62. The molecule has 0 radical (unpaired) electrons. The maximum absolute atomic E-state index is 12.7. The van der Waals surface area contributed by atoms with Gasteiger partial charge in [0.05, 0.1) is 17.3 Å². The van der Waals surface area contributed by atoms with E-state index in [0.717, 1.165) is 0 Å². The van der Waals surface area contributed by atoms with E-state index in [1.165, 1.54) is 6.92 Å². The summed E-state index contributed by atoms with van der Waals surface area (Å²) in [6.45, 7) is 7.74. The molecule has 1 aromatic carbocycles. The minimum Gasteiger partial charge on any atom is -0.344 e. The largest absolute Gasteiger partial charge is 0.344 e. The smallest absolute Gasteiger partial charge is 0.245 e. The van der Waals surface area contributed by atoms with Crippen LogP contribution in [0.3, 0.4) is 0 Å². The lowest BCUT2D eigenvalue weighted by molar-refractivity contribution is -0.139. The van der Waals surface area contributed by atoms with E-state index in [2.05, 4.69) is 10.6 Å². The van der Waals surface area contributed by atoms with Crippen molar-refractivity contribution < 1.29 is 14.4 Å². The molecular weight excluding hydrogens is 368 g/mol. The molecule has 1 heterocycles. The van der Waals surface area contributed by atoms with E-state index in [4.69, 9.17) is 11.6 Å². The van der Waals surface area contributed by atoms with Gasteiger partial charge in [0.2, 0.25) is 17.7 Å². The van der Waals surface area contributed by atoms with Crippen molar-refractivity contribution in [1.29, 1.82) is 0 Å². The molecule has 0 bridgehead atoms. The van der Waals surface area contributed by atoms with Crippen LogP contribution in [0.4, 0.5) is 5.69 Å². The summed E-state index contributed by atoms with van der Waals surface area (Å²) in [4.78, 5) is 40.0. The predicted molar refractivity (Wildman–Crippen MR) is 106 cm³/mol. The third kappa shape index (κ3) is 6.22. The molecule has 2 N–H and O–H groups in total. The van der Waals surface area contributed by atoms with Gasteiger partial charge in [-0.2, -0.15) is 0 Å². The molecule has 2 rings (SSSR count). The van der Waals surface area contributed by atoms with Crippen LogP contribution < -0.4 is 10.6 Å². The SMILES string of the molecule is CC(=O)NC(C(=O)N1CCN(CC(=O)Nc2ccccc2Cl)CC1)C(C)C. The number of hydrogen-bond donors (Lipinski definition) is 2. The van der Waals surface area contributed by atoms with Crippen LogP contribution in [0, 0.1) is 5.92 Å². The summed E-state index contributed by atoms with van der Waals surface area (Å²) in [5.41, 5.74) is 0.591. The highest BCUT2D eigenvalue weighted by Gasteiger charge is 2.30. The number of para-hydroxylation sites is 1. The number of carbonyl (C=O) groups is 3. The summed E-state index contributed by atoms with van der Waals surface area (Å²) < 4.78 is 0. The molecule has 1 aliphatic rings. The summed E-state index contributed by atoms with van der Waals surface area (Å²) in [5.74, 6) is -0.403. The number of nitrogens with one attached hydrogen (secondary N) is 2. The first-order valence-corrected chi connectivity index (χ1v) is 9.48. The zero-order valence-corrected chi connectivity index (χ0v) is 16.8. The van der Waals surface area contributed by atoms with Crippen molar-refractivity contribution in [3.05, 3.63) is 29.3 Å². The van der Waals surface area contributed by atoms with E-state index in [1.54, 1.807) is 23.1 Å². The molecule has 1 saturated heterocycles. The van der Waals surface area contributed by atoms with Crippen molar-refractivity contribution in [2.45, 2.75) is 26.8 Å². The van der Waals surface area contributed by atoms with E-state index in [1.807, 2.05) is 24.8 Å². The molecule has 1 fully saturated rings. The molecule has 1 atom stereocenters. The predicted octanol–water partition coefficient (Wildman–Crippen LogP) is 1.58. The van der Waals surface area contributed by atoms with Gasteiger partial charge in [-0.3, -0.25) is 19.3 Å². The minimum absolute atomic E-state index is 0.0147. The van der Waals surface area contributed by atoms with Gasteiger partial charge in [-0.1, -0.05) is 37.6 Å². The monoisotopic (exact) mass is 394 g/mol. The van der Waals surface area contributed by atoms with Gasteiger partial charge in [-0.15, -0.1) is 0 Å². The summed E-state index contributed by atoms with van der Waals surface area (Å²) in [5, 5.41) is 6.04. The lowest BCUT2D eigenvalue weighted by Gasteiger charge is -2.37. The highest BCUT2D eigenvalue weighted by Crippen LogP contribution is 2.20. The van der Waals surface area contributed by atoms with Crippen LogP contribution >= 0.6 is 11.6 Å². The van der Waals surface area contributed by atoms with Gasteiger partial charge in [0.1, 0.15) is 6.04 Å². The quantitative estimate of drug-likeness (QED) is 0.767. The Bertz CT molecular complexity index is 687. The fourth-order valence-corrected chi connectivity index (χ4v) is 3.19. The standard InChI is InChI=1S/C19H27ClN4O3/c1-13(2)18(21-14(3)25)19(27)24-10-8-23(9-11-24)12-17(26)22-16-7-5-4-6-15(16)20/h4-7,13,18H,8-12H2,1-3H3,(H,21,25)(H,22,26). The molecule has 0 aliphatic carbocycles. The highest BCUT2D eigenvalue weighted by atomic mass is 35.5. The summed E-state index contributed by atoms with van der Waals surface area (Å²) in [7, 11) is 0. The van der Waals surface area contributed by atoms with E-state index in [9.17, 15) is 14.4 Å². The number of benzene rings is 1. The molecule has 0 spiro atoms. The fourth-order valence-electron chi connectivity index (χ4n) is 3.01. The highest BCUT2D eigenvalue weighted by molar-refractivity contribution is 6.33. The van der Waals surface area contributed by atoms with Crippen LogP contribution in [0.15, 0.2) is 24.3 Å². The normalized spacial score (nSPS) is 16.1. The van der Waals surface area contributed by atoms with Gasteiger partial charge in [0.15, 0.2) is 0 Å². The first-order valence-electron chi connectivity index (χ1n) is 9.10. The second-order valence-electron chi connectivity index (χ2n) is 7.05. The van der Waals surface area contributed by atoms with Gasteiger partial charge >= 0.3 is 0 Å². The molecule has 0 saturated carbocycles. The first-order chi connectivity index (χ1) is 12.8. The number of hydrogen-bond acceptors (Lipinski definition) is 4. The topological polar surface area (TPSA) is 81.8 Å². The molecule has 3 amide bonds. The minimum atomic E-state index is -0.516. The molecule has 0 aromatic heterocycles. The van der Waals surface area contributed by atoms with Crippen LogP contribution in [0.25, 0.3) is 0 Å². The fraction of sp³-hybridized carbons (Fsp3) is 0.526. The van der Waals surface area contributed by atoms with Crippen LogP contribution in [-0.4, -0.2) is 66.3 Å². The van der Waals surface area contributed by atoms with Crippen LogP contribution in [-0.2, 0) is 14.4 Å². The van der Waals surface area contributed by atoms with Gasteiger partial charge in [0.25, 0.3) is 0 Å². The van der Waals surface area contributed by atoms with Crippen LogP contribution in [0.1, 0.15) is 20.8 Å². The average Bonchev–Trinajstić information content (AvgIpc) is 2.61. The van der Waals surface area contributed by atoms with E-state index >= 15 is 0 Å². The van der Waals surface area contributed by atoms with Gasteiger partial charge in [0, 0.05) is 33.1 Å². The van der Waals surface area contributed by atoms with E-state index in [-0.39, 0.29) is 30.2 Å². The maximum atomic E-state index is 12.7. The molecule has 1 aliphatic heterocycles. The van der Waals surface area contributed by atoms with Crippen molar-refractivity contribution in [3.8, 4) is 0 Å². The molecule has 1 aromatic rings. The lowest BCUT2D eigenvalue weighted by atomic mass is 10.0. The molecule has 7 nitrogen and oxygen atoms in total. The van der Waals surface area contributed by atoms with E-state index < -0.39 is 6.04 Å². The molecular formula is C19H27ClN4O3. The Morgan fingerprint density at radius 2 is 1.74 bits per heavy atom. The Morgan fingerprint density at radius 1 is 1.11 bits per heavy atom. The number of halogens is 1. The Labute approximate surface area is 165 Å². The third-order valence-corrected chi connectivity index (χ3v) is 4.82. The summed E-state index contributed by atoms with van der Waals surface area (Å²) in [6, 6.07) is 6.58. The summed E-state index contributed by atoms with van der Waals surface area (Å²) >= 11 is 6.05. The number of nitrogens with zero attached hydrogens (tertiary/aromatic N) is 2. The van der Waals surface area contributed by atoms with Crippen molar-refractivity contribution in [3.63, 3.8) is 0 Å². The number of piperazine rings is 1. The number of rotatable bonds is 6. The first kappa shape index (κ1) is 21.2. The Balaban J connectivity index is 1.84. The van der Waals surface area contributed by atoms with Crippen molar-refractivity contribution in [1.82, 2.24) is 15.1 Å². The zero-order valence-electron chi connectivity index (χ0n) is 16.0. The zero-order chi connectivity index (χ0) is 20.0. The van der Waals surface area contributed by atoms with Gasteiger partial charge in [-0.05, 0) is 18.1 Å². The Morgan fingerprint density at radius 3 is 2.30 bits per heavy atom. The van der Waals surface area contributed by atoms with Crippen molar-refractivity contribution >= 4 is 35.0 Å². The van der Waals surface area contributed by atoms with Gasteiger partial charge < -0.3 is 15.5 Å². The Hall–Kier alpha value is -2.12. The second kappa shape index (κ2) is 9.71. The maximum Gasteiger partial charge on any atom is 0.245 e. The van der Waals surface area contributed by atoms with Crippen molar-refractivity contribution in [2.75, 3.05) is 38.0 Å². The summed E-state index contributed by atoms with van der Waals surface area (Å²) in [6.07, 6.45) is 0. The third-order valence-electron chi connectivity index (χ3n) is 4.49. The number of anilines is 1. The second-order valence-corrected chi connectivity index (χ2v) is 7.46. The van der Waals surface area contributed by atoms with Crippen LogP contribution in [0.5, 0.6) is 0 Å². The van der Waals surface area contributed by atoms with Crippen molar-refractivity contribution in [2.24, 2.45) is 5.92 Å². The lowest BCUT2D eigenvalue weighted by Crippen LogP contribution is -2.56. The van der Waals surface area contributed by atoms with Crippen LogP contribution in [0.2, 0.25) is 5.02 Å². The average molecular weight is 395 g/mol.